The molecular weight excluding hydrogens is 174 g/mol. The van der Waals surface area contributed by atoms with Gasteiger partial charge in [-0.15, -0.1) is 0 Å². The normalized spacial score (nSPS) is 8.29. The van der Waals surface area contributed by atoms with Crippen molar-refractivity contribution in [3.8, 4) is 0 Å². The quantitative estimate of drug-likeness (QED) is 0.530. The molecule has 0 bridgehead atoms. The maximum absolute atomic E-state index is 5.07. The fraction of sp³-hybridized carbons (Fsp3) is 0.417. The first-order valence-corrected chi connectivity index (χ1v) is 4.96. The third-order valence-electron chi connectivity index (χ3n) is 1.32. The molecule has 2 nitrogen and oxygen atoms in total. The van der Waals surface area contributed by atoms with E-state index in [0.29, 0.717) is 6.61 Å². The van der Waals surface area contributed by atoms with Crippen LogP contribution in [0.2, 0.25) is 0 Å². The van der Waals surface area contributed by atoms with Crippen LogP contribution in [0.4, 0.5) is 0 Å². The van der Waals surface area contributed by atoms with Gasteiger partial charge in [-0.25, -0.2) is 0 Å². The molecule has 1 aromatic rings. The molecule has 0 saturated heterocycles. The Morgan fingerprint density at radius 2 is 1.71 bits per heavy atom. The van der Waals surface area contributed by atoms with Crippen molar-refractivity contribution in [2.24, 2.45) is 5.16 Å². The lowest BCUT2D eigenvalue weighted by Gasteiger charge is -1.98. The molecule has 2 heteroatoms. The molecule has 0 N–H and O–H groups in total. The Morgan fingerprint density at radius 1 is 1.14 bits per heavy atom. The van der Waals surface area contributed by atoms with Gasteiger partial charge in [0.15, 0.2) is 0 Å². The number of nitrogens with zero attached hydrogens (tertiary/aromatic N) is 1. The fourth-order valence-electron chi connectivity index (χ4n) is 0.810. The summed E-state index contributed by atoms with van der Waals surface area (Å²) in [7, 11) is 0. The minimum atomic E-state index is 0.548. The second-order valence-corrected chi connectivity index (χ2v) is 2.80. The molecule has 1 aromatic carbocycles. The molecule has 0 atom stereocenters. The summed E-state index contributed by atoms with van der Waals surface area (Å²) in [5.41, 5.74) is 2.08. The highest BCUT2D eigenvalue weighted by Crippen LogP contribution is 2.00. The Morgan fingerprint density at radius 3 is 2.21 bits per heavy atom. The van der Waals surface area contributed by atoms with Gasteiger partial charge in [-0.2, -0.15) is 0 Å². The maximum Gasteiger partial charge on any atom is 0.142 e. The summed E-state index contributed by atoms with van der Waals surface area (Å²) < 4.78 is 0. The zero-order chi connectivity index (χ0) is 10.8. The van der Waals surface area contributed by atoms with E-state index >= 15 is 0 Å². The minimum absolute atomic E-state index is 0.548. The van der Waals surface area contributed by atoms with Gasteiger partial charge < -0.3 is 4.84 Å². The first kappa shape index (κ1) is 12.7. The lowest BCUT2D eigenvalue weighted by Crippen LogP contribution is -1.88. The van der Waals surface area contributed by atoms with Gasteiger partial charge in [0.25, 0.3) is 0 Å². The van der Waals surface area contributed by atoms with E-state index in [0.717, 1.165) is 11.3 Å². The van der Waals surface area contributed by atoms with E-state index in [1.807, 2.05) is 58.0 Å². The van der Waals surface area contributed by atoms with E-state index in [-0.39, 0.29) is 0 Å². The van der Waals surface area contributed by atoms with Crippen LogP contribution in [0, 0.1) is 0 Å². The smallest absolute Gasteiger partial charge is 0.142 e. The van der Waals surface area contributed by atoms with Crippen LogP contribution < -0.4 is 0 Å². The van der Waals surface area contributed by atoms with Gasteiger partial charge in [-0.05, 0) is 19.4 Å². The third-order valence-corrected chi connectivity index (χ3v) is 1.32. The molecule has 0 fully saturated rings. The molecule has 78 valence electrons. The lowest BCUT2D eigenvalue weighted by atomic mass is 10.2. The van der Waals surface area contributed by atoms with Crippen molar-refractivity contribution < 1.29 is 4.84 Å². The summed E-state index contributed by atoms with van der Waals surface area (Å²) in [6.45, 7) is 8.36. The first-order valence-electron chi connectivity index (χ1n) is 4.96. The van der Waals surface area contributed by atoms with Gasteiger partial charge in [-0.3, -0.25) is 0 Å². The van der Waals surface area contributed by atoms with Crippen LogP contribution >= 0.6 is 0 Å². The van der Waals surface area contributed by atoms with Crippen molar-refractivity contribution in [2.75, 3.05) is 0 Å². The van der Waals surface area contributed by atoms with Gasteiger partial charge in [-0.1, -0.05) is 49.3 Å². The van der Waals surface area contributed by atoms with Crippen molar-refractivity contribution in [3.63, 3.8) is 0 Å². The molecule has 1 rings (SSSR count). The van der Waals surface area contributed by atoms with Gasteiger partial charge in [0.1, 0.15) is 6.61 Å². The highest BCUT2D eigenvalue weighted by atomic mass is 16.6. The summed E-state index contributed by atoms with van der Waals surface area (Å²) in [4.78, 5) is 5.07. The number of benzene rings is 1. The SMILES string of the molecule is CC.CC(C)=NOCc1ccccc1. The summed E-state index contributed by atoms with van der Waals surface area (Å²) in [6, 6.07) is 9.99. The van der Waals surface area contributed by atoms with Crippen LogP contribution in [-0.4, -0.2) is 5.71 Å². The molecule has 0 spiro atoms. The molecule has 0 aliphatic rings. The van der Waals surface area contributed by atoms with Crippen LogP contribution in [0.15, 0.2) is 35.5 Å². The van der Waals surface area contributed by atoms with Crippen molar-refractivity contribution >= 4 is 5.71 Å². The summed E-state index contributed by atoms with van der Waals surface area (Å²) in [5, 5.41) is 3.84. The number of hydrogen-bond donors (Lipinski definition) is 0. The molecule has 0 radical (unpaired) electrons. The van der Waals surface area contributed by atoms with Gasteiger partial charge in [0, 0.05) is 0 Å². The molecule has 0 saturated carbocycles. The highest BCUT2D eigenvalue weighted by molar-refractivity contribution is 5.78. The standard InChI is InChI=1S/C10H13NO.C2H6/c1-9(2)11-12-8-10-6-4-3-5-7-10;1-2/h3-7H,8H2,1-2H3;1-2H3. The van der Waals surface area contributed by atoms with E-state index < -0.39 is 0 Å². The second kappa shape index (κ2) is 8.30. The monoisotopic (exact) mass is 193 g/mol. The third kappa shape index (κ3) is 6.23. The van der Waals surface area contributed by atoms with Gasteiger partial charge in [0.2, 0.25) is 0 Å². The fourth-order valence-corrected chi connectivity index (χ4v) is 0.810. The predicted molar refractivity (Wildman–Crippen MR) is 61.4 cm³/mol. The number of hydrogen-bond acceptors (Lipinski definition) is 2. The Hall–Kier alpha value is -1.31. The Balaban J connectivity index is 0.000000791. The van der Waals surface area contributed by atoms with Crippen LogP contribution in [0.25, 0.3) is 0 Å². The van der Waals surface area contributed by atoms with Crippen LogP contribution in [0.1, 0.15) is 33.3 Å². The summed E-state index contributed by atoms with van der Waals surface area (Å²) in [6.07, 6.45) is 0. The lowest BCUT2D eigenvalue weighted by molar-refractivity contribution is 0.130. The van der Waals surface area contributed by atoms with Crippen LogP contribution in [-0.2, 0) is 11.4 Å². The van der Waals surface area contributed by atoms with Crippen molar-refractivity contribution in [1.29, 1.82) is 0 Å². The maximum atomic E-state index is 5.07. The van der Waals surface area contributed by atoms with E-state index in [1.165, 1.54) is 0 Å². The zero-order valence-electron chi connectivity index (χ0n) is 9.45. The van der Waals surface area contributed by atoms with Crippen molar-refractivity contribution in [3.05, 3.63) is 35.9 Å². The van der Waals surface area contributed by atoms with E-state index in [9.17, 15) is 0 Å². The van der Waals surface area contributed by atoms with Crippen LogP contribution in [0.3, 0.4) is 0 Å². The molecule has 14 heavy (non-hydrogen) atoms. The number of rotatable bonds is 3. The number of oxime groups is 1. The first-order chi connectivity index (χ1) is 6.79. The minimum Gasteiger partial charge on any atom is -0.391 e. The second-order valence-electron chi connectivity index (χ2n) is 2.80. The van der Waals surface area contributed by atoms with E-state index in [1.54, 1.807) is 0 Å². The molecule has 0 unspecified atom stereocenters. The molecule has 0 aliphatic heterocycles. The van der Waals surface area contributed by atoms with E-state index in [4.69, 9.17) is 4.84 Å². The molecule has 0 aromatic heterocycles. The van der Waals surface area contributed by atoms with Gasteiger partial charge in [0.05, 0.1) is 5.71 Å². The molecule has 0 amide bonds. The average molecular weight is 193 g/mol. The highest BCUT2D eigenvalue weighted by Gasteiger charge is 1.88. The van der Waals surface area contributed by atoms with Crippen LogP contribution in [0.5, 0.6) is 0 Å². The van der Waals surface area contributed by atoms with Gasteiger partial charge >= 0.3 is 0 Å². The predicted octanol–water partition coefficient (Wildman–Crippen LogP) is 3.63. The topological polar surface area (TPSA) is 21.6 Å². The Bertz CT molecular complexity index is 250. The average Bonchev–Trinajstić information content (AvgIpc) is 2.22. The summed E-state index contributed by atoms with van der Waals surface area (Å²) in [5.74, 6) is 0. The largest absolute Gasteiger partial charge is 0.391 e. The zero-order valence-corrected chi connectivity index (χ0v) is 9.45. The molecule has 0 heterocycles. The Kier molecular flexibility index (Phi) is 7.52. The van der Waals surface area contributed by atoms with E-state index in [2.05, 4.69) is 5.16 Å². The summed E-state index contributed by atoms with van der Waals surface area (Å²) >= 11 is 0. The Labute approximate surface area is 86.6 Å². The van der Waals surface area contributed by atoms with Crippen molar-refractivity contribution in [2.45, 2.75) is 34.3 Å². The van der Waals surface area contributed by atoms with Crippen molar-refractivity contribution in [1.82, 2.24) is 0 Å². The molecular formula is C12H19NO. The molecule has 0 aliphatic carbocycles.